The molecule has 11 atom stereocenters. The van der Waals surface area contributed by atoms with Gasteiger partial charge in [0.05, 0.1) is 54.3 Å². The Bertz CT molecular complexity index is 1770. The number of nitrogens with zero attached hydrogens (tertiary/aromatic N) is 1. The predicted molar refractivity (Wildman–Crippen MR) is 233 cm³/mol. The highest BCUT2D eigenvalue weighted by atomic mass is 16.8. The lowest BCUT2D eigenvalue weighted by atomic mass is 9.80. The van der Waals surface area contributed by atoms with Crippen LogP contribution in [0.15, 0.2) is 72.0 Å². The molecule has 62 heavy (non-hydrogen) atoms. The number of rotatable bonds is 21. The summed E-state index contributed by atoms with van der Waals surface area (Å²) in [5.41, 5.74) is 0.758. The number of aliphatic hydroxyl groups is 1. The fraction of sp³-hybridized carbons (Fsp3) is 0.667. The summed E-state index contributed by atoms with van der Waals surface area (Å²) < 4.78 is 57.0. The fourth-order valence-electron chi connectivity index (χ4n) is 8.87. The lowest BCUT2D eigenvalue weighted by molar-refractivity contribution is -0.298. The molecule has 0 radical (unpaired) electrons. The first-order valence-corrected chi connectivity index (χ1v) is 22.0. The molecule has 2 N–H and O–H groups in total. The number of cyclic esters (lactones) is 1. The van der Waals surface area contributed by atoms with Gasteiger partial charge in [0.1, 0.15) is 11.9 Å². The molecular formula is C48H72N2O12. The number of hydrogen-bond donors (Lipinski definition) is 2. The highest BCUT2D eigenvalue weighted by Crippen LogP contribution is 2.41. The van der Waals surface area contributed by atoms with E-state index < -0.39 is 59.6 Å². The van der Waals surface area contributed by atoms with Crippen LogP contribution in [0.2, 0.25) is 0 Å². The number of benzene rings is 2. The molecule has 4 unspecified atom stereocenters. The van der Waals surface area contributed by atoms with Gasteiger partial charge in [-0.25, -0.2) is 9.59 Å². The fourth-order valence-corrected chi connectivity index (χ4v) is 8.87. The molecule has 0 saturated carbocycles. The second-order valence-corrected chi connectivity index (χ2v) is 18.6. The Balaban J connectivity index is 1.39. The zero-order valence-corrected chi connectivity index (χ0v) is 38.9. The van der Waals surface area contributed by atoms with Crippen LogP contribution in [-0.2, 0) is 54.0 Å². The maximum Gasteiger partial charge on any atom is 0.340 e. The van der Waals surface area contributed by atoms with Crippen molar-refractivity contribution in [1.29, 1.82) is 0 Å². The van der Waals surface area contributed by atoms with E-state index in [0.717, 1.165) is 5.56 Å². The van der Waals surface area contributed by atoms with Crippen molar-refractivity contribution in [2.24, 2.45) is 17.8 Å². The first kappa shape index (κ1) is 49.6. The molecule has 14 heteroatoms. The van der Waals surface area contributed by atoms with E-state index in [1.54, 1.807) is 52.1 Å². The normalized spacial score (nSPS) is 27.1. The molecular weight excluding hydrogens is 797 g/mol. The van der Waals surface area contributed by atoms with Gasteiger partial charge in [0.2, 0.25) is 5.79 Å². The Morgan fingerprint density at radius 1 is 1.00 bits per heavy atom. The van der Waals surface area contributed by atoms with Crippen LogP contribution in [0.1, 0.15) is 91.1 Å². The van der Waals surface area contributed by atoms with Gasteiger partial charge in [-0.15, -0.1) is 0 Å². The number of hydrogen-bond acceptors (Lipinski definition) is 14. The van der Waals surface area contributed by atoms with E-state index in [-0.39, 0.29) is 36.7 Å². The van der Waals surface area contributed by atoms with Gasteiger partial charge in [0.15, 0.2) is 18.2 Å². The van der Waals surface area contributed by atoms with E-state index in [0.29, 0.717) is 56.0 Å². The van der Waals surface area contributed by atoms with Crippen LogP contribution < -0.4 is 5.32 Å². The first-order chi connectivity index (χ1) is 29.3. The van der Waals surface area contributed by atoms with E-state index >= 15 is 0 Å². The third-order valence-corrected chi connectivity index (χ3v) is 12.1. The van der Waals surface area contributed by atoms with Crippen LogP contribution >= 0.6 is 0 Å². The van der Waals surface area contributed by atoms with Crippen molar-refractivity contribution in [3.63, 3.8) is 0 Å². The maximum atomic E-state index is 13.6. The average molecular weight is 869 g/mol. The van der Waals surface area contributed by atoms with Crippen LogP contribution in [0, 0.1) is 17.8 Å². The minimum atomic E-state index is -1.22. The molecule has 5 rings (SSSR count). The standard InChI is InChI=1S/C48H72N2O12/c1-30(25-49-26-36(27-51)40(38-29-56-46(5,6)60-38)55-28-34-19-15-13-16-20-34)24-48(9,54-12)42(32(3)39-33(4)43(52)62-47(7,8)61-39)59-45-41(37(50(10)11)23-31(2)57-45)58-44(53)35-21-17-14-18-22-35/h13-22,30-32,36-38,40-42,45,49,51H,23-29H2,1-12H3/t30-,31?,32+,36+,37?,38+,40+,41?,42-,45?,48-/m1/s1. The highest BCUT2D eigenvalue weighted by molar-refractivity contribution is 5.90. The first-order valence-electron chi connectivity index (χ1n) is 22.0. The SMILES string of the molecule is CO[C@](C)(C[C@@H](C)CNC[C@@H](CO)[C@H](OCc1ccccc1)[C@@H]1COC(C)(C)O1)[C@H](OC1OC(C)CC(N(C)C)C1OC(=O)c1ccccc1)[C@@H](C)C1=C(C)C(=O)OC(C)(C)O1. The summed E-state index contributed by atoms with van der Waals surface area (Å²) in [6, 6.07) is 18.5. The van der Waals surface area contributed by atoms with Crippen molar-refractivity contribution in [2.75, 3.05) is 47.5 Å². The Morgan fingerprint density at radius 3 is 2.26 bits per heavy atom. The molecule has 0 bridgehead atoms. The van der Waals surface area contributed by atoms with Crippen molar-refractivity contribution in [3.05, 3.63) is 83.1 Å². The molecule has 2 saturated heterocycles. The Kier molecular flexibility index (Phi) is 17.2. The third-order valence-electron chi connectivity index (χ3n) is 12.1. The zero-order valence-electron chi connectivity index (χ0n) is 38.9. The van der Waals surface area contributed by atoms with Crippen molar-refractivity contribution in [2.45, 2.75) is 142 Å². The molecule has 0 amide bonds. The lowest BCUT2D eigenvalue weighted by Gasteiger charge is -2.48. The van der Waals surface area contributed by atoms with Gasteiger partial charge in [-0.2, -0.15) is 0 Å². The largest absolute Gasteiger partial charge is 0.456 e. The van der Waals surface area contributed by atoms with E-state index in [2.05, 4.69) is 12.2 Å². The number of nitrogens with one attached hydrogen (secondary N) is 1. The molecule has 346 valence electrons. The summed E-state index contributed by atoms with van der Waals surface area (Å²) >= 11 is 0. The van der Waals surface area contributed by atoms with Crippen LogP contribution in [0.5, 0.6) is 0 Å². The summed E-state index contributed by atoms with van der Waals surface area (Å²) in [4.78, 5) is 28.9. The van der Waals surface area contributed by atoms with Gasteiger partial charge in [-0.1, -0.05) is 62.4 Å². The van der Waals surface area contributed by atoms with Crippen LogP contribution in [0.3, 0.4) is 0 Å². The number of aliphatic hydroxyl groups excluding tert-OH is 1. The van der Waals surface area contributed by atoms with Crippen LogP contribution in [0.25, 0.3) is 0 Å². The van der Waals surface area contributed by atoms with Crippen molar-refractivity contribution < 1.29 is 57.3 Å². The average Bonchev–Trinajstić information content (AvgIpc) is 3.59. The van der Waals surface area contributed by atoms with E-state index in [1.165, 1.54) is 0 Å². The van der Waals surface area contributed by atoms with Gasteiger partial charge in [-0.05, 0) is 91.7 Å². The molecule has 2 aromatic carbocycles. The Hall–Kier alpha value is -3.44. The number of ether oxygens (including phenoxy) is 9. The third kappa shape index (κ3) is 12.9. The summed E-state index contributed by atoms with van der Waals surface area (Å²) in [5.74, 6) is -3.38. The zero-order chi connectivity index (χ0) is 45.4. The molecule has 3 aliphatic heterocycles. The molecule has 0 spiro atoms. The molecule has 14 nitrogen and oxygen atoms in total. The second-order valence-electron chi connectivity index (χ2n) is 18.6. The van der Waals surface area contributed by atoms with Gasteiger partial charge in [-0.3, -0.25) is 0 Å². The monoisotopic (exact) mass is 869 g/mol. The van der Waals surface area contributed by atoms with E-state index in [4.69, 9.17) is 42.6 Å². The van der Waals surface area contributed by atoms with Gasteiger partial charge < -0.3 is 58.0 Å². The number of carbonyl (C=O) groups is 2. The number of methoxy groups -OCH3 is 1. The molecule has 2 aromatic rings. The summed E-state index contributed by atoms with van der Waals surface area (Å²) in [6.07, 6.45) is -2.57. The Labute approximate surface area is 368 Å². The van der Waals surface area contributed by atoms with Gasteiger partial charge in [0, 0.05) is 45.9 Å². The number of carbonyl (C=O) groups excluding carboxylic acids is 2. The highest BCUT2D eigenvalue weighted by Gasteiger charge is 2.51. The Morgan fingerprint density at radius 2 is 1.66 bits per heavy atom. The minimum Gasteiger partial charge on any atom is -0.456 e. The smallest absolute Gasteiger partial charge is 0.340 e. The summed E-state index contributed by atoms with van der Waals surface area (Å²) in [7, 11) is 5.54. The predicted octanol–water partition coefficient (Wildman–Crippen LogP) is 6.25. The van der Waals surface area contributed by atoms with Gasteiger partial charge >= 0.3 is 11.9 Å². The van der Waals surface area contributed by atoms with Crippen LogP contribution in [0.4, 0.5) is 0 Å². The quantitative estimate of drug-likeness (QED) is 0.136. The molecule has 0 aromatic heterocycles. The summed E-state index contributed by atoms with van der Waals surface area (Å²) in [5, 5.41) is 14.3. The molecule has 0 aliphatic carbocycles. The number of esters is 2. The molecule has 3 aliphatic rings. The van der Waals surface area contributed by atoms with Crippen molar-refractivity contribution >= 4 is 11.9 Å². The van der Waals surface area contributed by atoms with E-state index in [9.17, 15) is 14.7 Å². The summed E-state index contributed by atoms with van der Waals surface area (Å²) in [6.45, 7) is 18.4. The van der Waals surface area contributed by atoms with E-state index in [1.807, 2.05) is 90.0 Å². The van der Waals surface area contributed by atoms with Crippen molar-refractivity contribution in [1.82, 2.24) is 10.2 Å². The molecule has 2 fully saturated rings. The van der Waals surface area contributed by atoms with Crippen LogP contribution in [-0.4, -0.2) is 129 Å². The minimum absolute atomic E-state index is 0.00228. The van der Waals surface area contributed by atoms with Crippen molar-refractivity contribution in [3.8, 4) is 0 Å². The molecule has 3 heterocycles. The van der Waals surface area contributed by atoms with Gasteiger partial charge in [0.25, 0.3) is 0 Å². The topological polar surface area (TPSA) is 153 Å². The lowest BCUT2D eigenvalue weighted by Crippen LogP contribution is -2.59. The maximum absolute atomic E-state index is 13.6. The second kappa shape index (κ2) is 21.5. The number of likely N-dealkylation sites (N-methyl/N-ethyl adjacent to an activating group) is 1.